The van der Waals surface area contributed by atoms with Gasteiger partial charge < -0.3 is 4.74 Å². The van der Waals surface area contributed by atoms with Crippen molar-refractivity contribution in [2.45, 2.75) is 12.1 Å². The van der Waals surface area contributed by atoms with E-state index in [1.54, 1.807) is 24.0 Å². The lowest BCUT2D eigenvalue weighted by Crippen LogP contribution is -2.20. The maximum atomic E-state index is 13.1. The fourth-order valence-electron chi connectivity index (χ4n) is 3.48. The van der Waals surface area contributed by atoms with Crippen molar-refractivity contribution in [1.29, 1.82) is 0 Å². The summed E-state index contributed by atoms with van der Waals surface area (Å²) in [6.07, 6.45) is 5.12. The van der Waals surface area contributed by atoms with Gasteiger partial charge in [0.05, 0.1) is 23.7 Å². The Labute approximate surface area is 174 Å². The van der Waals surface area contributed by atoms with Crippen molar-refractivity contribution in [3.63, 3.8) is 0 Å². The van der Waals surface area contributed by atoms with Crippen LogP contribution >= 0.6 is 11.8 Å². The number of H-pyrrole nitrogens is 1. The van der Waals surface area contributed by atoms with E-state index in [1.165, 1.54) is 16.3 Å². The highest BCUT2D eigenvalue weighted by molar-refractivity contribution is 7.98. The van der Waals surface area contributed by atoms with E-state index in [4.69, 9.17) is 4.74 Å². The lowest BCUT2D eigenvalue weighted by molar-refractivity contribution is 0.415. The van der Waals surface area contributed by atoms with Gasteiger partial charge in [-0.25, -0.2) is 14.6 Å². The number of fused-ring (bicyclic) bond motifs is 3. The molecule has 0 atom stereocenters. The molecule has 5 aromatic rings. The molecule has 10 heteroatoms. The first-order valence-electron chi connectivity index (χ1n) is 9.11. The number of pyridine rings is 1. The molecule has 0 bridgehead atoms. The minimum Gasteiger partial charge on any atom is -0.497 e. The monoisotopic (exact) mass is 419 g/mol. The van der Waals surface area contributed by atoms with Crippen LogP contribution in [0.25, 0.3) is 33.6 Å². The molecule has 0 amide bonds. The standard InChI is InChI=1S/C20H17N7O2S/c1-11-16(12-4-6-13(29-2)7-5-12)17-21-10-14-15(27(17)25-11)8-9-26(18(14)28)19-22-20(30-3)24-23-19/h4-10H,1-3H3,(H,22,23,24). The van der Waals surface area contributed by atoms with Crippen LogP contribution in [0.5, 0.6) is 5.75 Å². The third-order valence-corrected chi connectivity index (χ3v) is 5.48. The fraction of sp³-hybridized carbons (Fsp3) is 0.150. The van der Waals surface area contributed by atoms with Crippen LogP contribution in [-0.2, 0) is 0 Å². The molecule has 30 heavy (non-hydrogen) atoms. The maximum absolute atomic E-state index is 13.1. The molecule has 150 valence electrons. The Balaban J connectivity index is 1.70. The molecule has 5 rings (SSSR count). The van der Waals surface area contributed by atoms with E-state index in [0.29, 0.717) is 27.7 Å². The van der Waals surface area contributed by atoms with Crippen LogP contribution in [0.1, 0.15) is 5.69 Å². The first-order chi connectivity index (χ1) is 14.6. The minimum absolute atomic E-state index is 0.246. The zero-order valence-corrected chi connectivity index (χ0v) is 17.3. The van der Waals surface area contributed by atoms with E-state index >= 15 is 0 Å². The zero-order chi connectivity index (χ0) is 20.8. The topological polar surface area (TPSA) is 103 Å². The Morgan fingerprint density at radius 2 is 1.97 bits per heavy atom. The van der Waals surface area contributed by atoms with E-state index in [1.807, 2.05) is 43.5 Å². The van der Waals surface area contributed by atoms with Gasteiger partial charge in [0.25, 0.3) is 5.56 Å². The zero-order valence-electron chi connectivity index (χ0n) is 16.4. The number of methoxy groups -OCH3 is 1. The second kappa shape index (κ2) is 6.99. The van der Waals surface area contributed by atoms with Crippen LogP contribution < -0.4 is 10.3 Å². The minimum atomic E-state index is -0.246. The van der Waals surface area contributed by atoms with Crippen molar-refractivity contribution in [1.82, 2.24) is 34.3 Å². The fourth-order valence-corrected chi connectivity index (χ4v) is 3.79. The first-order valence-corrected chi connectivity index (χ1v) is 10.3. The molecule has 4 aromatic heterocycles. The highest BCUT2D eigenvalue weighted by Crippen LogP contribution is 2.29. The van der Waals surface area contributed by atoms with Gasteiger partial charge in [-0.1, -0.05) is 23.9 Å². The number of ether oxygens (including phenoxy) is 1. The van der Waals surface area contributed by atoms with Gasteiger partial charge in [0.15, 0.2) is 5.65 Å². The van der Waals surface area contributed by atoms with Gasteiger partial charge in [-0.3, -0.25) is 9.36 Å². The van der Waals surface area contributed by atoms with Gasteiger partial charge in [-0.2, -0.15) is 10.1 Å². The summed E-state index contributed by atoms with van der Waals surface area (Å²) < 4.78 is 8.38. The third kappa shape index (κ3) is 2.76. The summed E-state index contributed by atoms with van der Waals surface area (Å²) in [5.41, 5.74) is 3.84. The molecular formula is C20H17N7O2S. The molecule has 0 fully saturated rings. The molecule has 1 aromatic carbocycles. The lowest BCUT2D eigenvalue weighted by Gasteiger charge is -2.06. The number of nitrogens with zero attached hydrogens (tertiary/aromatic N) is 6. The number of hydrogen-bond donors (Lipinski definition) is 1. The van der Waals surface area contributed by atoms with E-state index in [9.17, 15) is 4.79 Å². The molecule has 0 saturated carbocycles. The summed E-state index contributed by atoms with van der Waals surface area (Å²) in [5, 5.41) is 12.5. The Kier molecular flexibility index (Phi) is 4.28. The van der Waals surface area contributed by atoms with Gasteiger partial charge in [0, 0.05) is 18.0 Å². The molecule has 1 N–H and O–H groups in total. The van der Waals surface area contributed by atoms with Crippen molar-refractivity contribution in [3.8, 4) is 22.8 Å². The first kappa shape index (κ1) is 18.4. The van der Waals surface area contributed by atoms with Crippen LogP contribution in [0, 0.1) is 6.92 Å². The smallest absolute Gasteiger partial charge is 0.268 e. The van der Waals surface area contributed by atoms with Gasteiger partial charge in [0.2, 0.25) is 11.1 Å². The summed E-state index contributed by atoms with van der Waals surface area (Å²) in [6.45, 7) is 1.93. The number of rotatable bonds is 4. The molecule has 0 saturated heterocycles. The average Bonchev–Trinajstić information content (AvgIpc) is 3.38. The molecule has 0 unspecified atom stereocenters. The van der Waals surface area contributed by atoms with Gasteiger partial charge in [-0.05, 0) is 36.9 Å². The van der Waals surface area contributed by atoms with Crippen LogP contribution in [-0.4, -0.2) is 47.7 Å². The van der Waals surface area contributed by atoms with E-state index < -0.39 is 0 Å². The van der Waals surface area contributed by atoms with Crippen molar-refractivity contribution in [3.05, 3.63) is 58.8 Å². The van der Waals surface area contributed by atoms with Crippen LogP contribution in [0.3, 0.4) is 0 Å². The maximum Gasteiger partial charge on any atom is 0.268 e. The summed E-state index contributed by atoms with van der Waals surface area (Å²) >= 11 is 1.40. The number of aromatic amines is 1. The van der Waals surface area contributed by atoms with Crippen LogP contribution in [0.4, 0.5) is 0 Å². The molecule has 0 aliphatic heterocycles. The number of nitrogens with one attached hydrogen (secondary N) is 1. The molecule has 0 spiro atoms. The Morgan fingerprint density at radius 3 is 2.67 bits per heavy atom. The molecule has 9 nitrogen and oxygen atoms in total. The third-order valence-electron chi connectivity index (χ3n) is 4.93. The summed E-state index contributed by atoms with van der Waals surface area (Å²) in [4.78, 5) is 22.0. The van der Waals surface area contributed by atoms with Gasteiger partial charge in [-0.15, -0.1) is 5.10 Å². The van der Waals surface area contributed by atoms with Crippen LogP contribution in [0.15, 0.2) is 52.7 Å². The molecule has 0 radical (unpaired) electrons. The average molecular weight is 419 g/mol. The Hall–Kier alpha value is -3.66. The molecular weight excluding hydrogens is 402 g/mol. The van der Waals surface area contributed by atoms with Crippen molar-refractivity contribution >= 4 is 28.3 Å². The predicted molar refractivity (Wildman–Crippen MR) is 115 cm³/mol. The quantitative estimate of drug-likeness (QED) is 0.447. The van der Waals surface area contributed by atoms with Gasteiger partial charge in [0.1, 0.15) is 5.75 Å². The van der Waals surface area contributed by atoms with Crippen LogP contribution in [0.2, 0.25) is 0 Å². The largest absolute Gasteiger partial charge is 0.497 e. The normalized spacial score (nSPS) is 11.4. The number of aromatic nitrogens is 7. The predicted octanol–water partition coefficient (Wildman–Crippen LogP) is 2.86. The number of thioether (sulfide) groups is 1. The van der Waals surface area contributed by atoms with E-state index in [-0.39, 0.29) is 5.56 Å². The summed E-state index contributed by atoms with van der Waals surface area (Å²) in [6, 6.07) is 9.58. The number of aryl methyl sites for hydroxylation is 1. The van der Waals surface area contributed by atoms with Crippen molar-refractivity contribution < 1.29 is 4.74 Å². The SMILES string of the molecule is COc1ccc(-c2c(C)nn3c2ncc2c(=O)n(-c4nc(SC)n[nH]4)ccc23)cc1. The number of benzene rings is 1. The molecule has 0 aliphatic carbocycles. The van der Waals surface area contributed by atoms with Gasteiger partial charge >= 0.3 is 0 Å². The highest BCUT2D eigenvalue weighted by Gasteiger charge is 2.17. The van der Waals surface area contributed by atoms with Crippen molar-refractivity contribution in [2.75, 3.05) is 13.4 Å². The number of hydrogen-bond acceptors (Lipinski definition) is 7. The highest BCUT2D eigenvalue weighted by atomic mass is 32.2. The van der Waals surface area contributed by atoms with E-state index in [0.717, 1.165) is 22.6 Å². The summed E-state index contributed by atoms with van der Waals surface area (Å²) in [5.74, 6) is 1.14. The Morgan fingerprint density at radius 1 is 1.17 bits per heavy atom. The molecule has 4 heterocycles. The Bertz CT molecular complexity index is 1450. The summed E-state index contributed by atoms with van der Waals surface area (Å²) in [7, 11) is 1.64. The van der Waals surface area contributed by atoms with Crippen molar-refractivity contribution in [2.24, 2.45) is 0 Å². The second-order valence-corrected chi connectivity index (χ2v) is 7.39. The van der Waals surface area contributed by atoms with E-state index in [2.05, 4.69) is 25.3 Å². The second-order valence-electron chi connectivity index (χ2n) is 6.62. The molecule has 0 aliphatic rings. The lowest BCUT2D eigenvalue weighted by atomic mass is 10.1.